The molecule has 2 N–H and O–H groups in total. The van der Waals surface area contributed by atoms with Gasteiger partial charge in [-0.25, -0.2) is 0 Å². The Labute approximate surface area is 69.8 Å². The van der Waals surface area contributed by atoms with E-state index in [-0.39, 0.29) is 0 Å². The molecule has 3 rings (SSSR count). The Hall–Kier alpha value is -1.44. The van der Waals surface area contributed by atoms with Gasteiger partial charge in [-0.1, -0.05) is 12.2 Å². The summed E-state index contributed by atoms with van der Waals surface area (Å²) in [5.74, 6) is 1.36. The molecule has 0 bridgehead atoms. The van der Waals surface area contributed by atoms with Crippen LogP contribution in [0.2, 0.25) is 0 Å². The second kappa shape index (κ2) is 1.66. The molecule has 2 heteroatoms. The maximum atomic E-state index is 9.45. The molecule has 0 amide bonds. The fourth-order valence-corrected chi connectivity index (χ4v) is 2.10. The molecular weight excluding hydrogens is 152 g/mol. The first-order chi connectivity index (χ1) is 5.79. The van der Waals surface area contributed by atoms with Gasteiger partial charge in [-0.05, 0) is 12.1 Å². The standard InChI is InChI=1S/C10H8O2/c11-7-3-4-8(12)10-6-2-1-5(6)9(7)10/h1-6,11-12H. The van der Waals surface area contributed by atoms with Crippen LogP contribution in [0.15, 0.2) is 24.3 Å². The Bertz CT molecular complexity index is 356. The number of phenolic OH excluding ortho intramolecular Hbond substituents is 2. The van der Waals surface area contributed by atoms with Crippen molar-refractivity contribution in [3.8, 4) is 11.5 Å². The van der Waals surface area contributed by atoms with E-state index in [0.29, 0.717) is 23.3 Å². The first kappa shape index (κ1) is 6.12. The summed E-state index contributed by atoms with van der Waals surface area (Å²) in [7, 11) is 0. The van der Waals surface area contributed by atoms with Crippen LogP contribution in [0.1, 0.15) is 23.0 Å². The van der Waals surface area contributed by atoms with E-state index in [1.165, 1.54) is 0 Å². The molecule has 0 saturated heterocycles. The van der Waals surface area contributed by atoms with Crippen molar-refractivity contribution in [3.05, 3.63) is 35.4 Å². The van der Waals surface area contributed by atoms with Crippen molar-refractivity contribution < 1.29 is 10.2 Å². The van der Waals surface area contributed by atoms with Crippen LogP contribution in [0.4, 0.5) is 0 Å². The predicted octanol–water partition coefficient (Wildman–Crippen LogP) is 1.85. The third-order valence-corrected chi connectivity index (χ3v) is 2.82. The van der Waals surface area contributed by atoms with Gasteiger partial charge < -0.3 is 10.2 Å². The molecule has 2 aliphatic rings. The lowest BCUT2D eigenvalue weighted by Gasteiger charge is -2.42. The van der Waals surface area contributed by atoms with Crippen LogP contribution in [0.3, 0.4) is 0 Å². The Balaban J connectivity index is 2.29. The topological polar surface area (TPSA) is 40.5 Å². The monoisotopic (exact) mass is 160 g/mol. The molecular formula is C10H8O2. The maximum Gasteiger partial charge on any atom is 0.119 e. The summed E-state index contributed by atoms with van der Waals surface area (Å²) in [5.41, 5.74) is 1.84. The highest BCUT2D eigenvalue weighted by molar-refractivity contribution is 5.65. The zero-order valence-corrected chi connectivity index (χ0v) is 6.36. The lowest BCUT2D eigenvalue weighted by Crippen LogP contribution is -2.27. The van der Waals surface area contributed by atoms with Crippen molar-refractivity contribution in [2.75, 3.05) is 0 Å². The predicted molar refractivity (Wildman–Crippen MR) is 44.4 cm³/mol. The van der Waals surface area contributed by atoms with E-state index in [9.17, 15) is 10.2 Å². The average Bonchev–Trinajstić information content (AvgIpc) is 2.01. The van der Waals surface area contributed by atoms with Crippen molar-refractivity contribution in [3.63, 3.8) is 0 Å². The van der Waals surface area contributed by atoms with Crippen LogP contribution in [-0.4, -0.2) is 10.2 Å². The van der Waals surface area contributed by atoms with Gasteiger partial charge in [0.25, 0.3) is 0 Å². The summed E-state index contributed by atoms with van der Waals surface area (Å²) in [6.07, 6.45) is 4.12. The van der Waals surface area contributed by atoms with Gasteiger partial charge in [0.1, 0.15) is 11.5 Å². The van der Waals surface area contributed by atoms with Gasteiger partial charge in [-0.3, -0.25) is 0 Å². The van der Waals surface area contributed by atoms with Gasteiger partial charge in [0.05, 0.1) is 0 Å². The second-order valence-electron chi connectivity index (χ2n) is 3.37. The average molecular weight is 160 g/mol. The van der Waals surface area contributed by atoms with Gasteiger partial charge in [-0.2, -0.15) is 0 Å². The van der Waals surface area contributed by atoms with Gasteiger partial charge >= 0.3 is 0 Å². The molecule has 1 aromatic carbocycles. The van der Waals surface area contributed by atoms with Crippen molar-refractivity contribution in [1.29, 1.82) is 0 Å². The molecule has 2 aliphatic carbocycles. The van der Waals surface area contributed by atoms with E-state index in [1.54, 1.807) is 12.1 Å². The summed E-state index contributed by atoms with van der Waals surface area (Å²) in [6.45, 7) is 0. The van der Waals surface area contributed by atoms with E-state index < -0.39 is 0 Å². The molecule has 0 aliphatic heterocycles. The van der Waals surface area contributed by atoms with Gasteiger partial charge in [-0.15, -0.1) is 0 Å². The molecule has 0 fully saturated rings. The highest BCUT2D eigenvalue weighted by atomic mass is 16.3. The molecule has 60 valence electrons. The molecule has 0 heterocycles. The Kier molecular flexibility index (Phi) is 0.845. The number of hydrogen-bond donors (Lipinski definition) is 2. The summed E-state index contributed by atoms with van der Waals surface area (Å²) in [4.78, 5) is 0. The number of rotatable bonds is 0. The molecule has 0 radical (unpaired) electrons. The Morgan fingerprint density at radius 2 is 1.25 bits per heavy atom. The summed E-state index contributed by atoms with van der Waals surface area (Å²) < 4.78 is 0. The Morgan fingerprint density at radius 3 is 1.58 bits per heavy atom. The molecule has 0 saturated carbocycles. The fourth-order valence-electron chi connectivity index (χ4n) is 2.10. The van der Waals surface area contributed by atoms with Crippen LogP contribution in [0.5, 0.6) is 11.5 Å². The minimum atomic E-state index is 0.313. The number of fused-ring (bicyclic) bond motifs is 4. The number of benzene rings is 1. The normalized spacial score (nSPS) is 28.3. The van der Waals surface area contributed by atoms with Crippen LogP contribution in [0, 0.1) is 0 Å². The SMILES string of the molecule is Oc1ccc(O)c2c1C1C=CC21. The lowest BCUT2D eigenvalue weighted by molar-refractivity contribution is 0.412. The zero-order chi connectivity index (χ0) is 8.29. The highest BCUT2D eigenvalue weighted by Gasteiger charge is 2.43. The number of hydrogen-bond acceptors (Lipinski definition) is 2. The van der Waals surface area contributed by atoms with Gasteiger partial charge in [0.15, 0.2) is 0 Å². The second-order valence-corrected chi connectivity index (χ2v) is 3.37. The summed E-state index contributed by atoms with van der Waals surface area (Å²) >= 11 is 0. The largest absolute Gasteiger partial charge is 0.508 e. The summed E-state index contributed by atoms with van der Waals surface area (Å²) in [5, 5.41) is 18.9. The first-order valence-corrected chi connectivity index (χ1v) is 4.02. The molecule has 12 heavy (non-hydrogen) atoms. The first-order valence-electron chi connectivity index (χ1n) is 4.02. The number of aromatic hydroxyl groups is 2. The van der Waals surface area contributed by atoms with Gasteiger partial charge in [0, 0.05) is 23.0 Å². The molecule has 2 nitrogen and oxygen atoms in total. The van der Waals surface area contributed by atoms with Crippen LogP contribution in [0.25, 0.3) is 0 Å². The third kappa shape index (κ3) is 0.461. The molecule has 0 aromatic heterocycles. The van der Waals surface area contributed by atoms with Crippen molar-refractivity contribution in [1.82, 2.24) is 0 Å². The Morgan fingerprint density at radius 1 is 0.833 bits per heavy atom. The smallest absolute Gasteiger partial charge is 0.119 e. The minimum absolute atomic E-state index is 0.313. The summed E-state index contributed by atoms with van der Waals surface area (Å²) in [6, 6.07) is 3.10. The van der Waals surface area contributed by atoms with E-state index in [2.05, 4.69) is 12.2 Å². The number of phenols is 2. The van der Waals surface area contributed by atoms with Crippen molar-refractivity contribution in [2.24, 2.45) is 0 Å². The fraction of sp³-hybridized carbons (Fsp3) is 0.200. The molecule has 1 aromatic rings. The lowest BCUT2D eigenvalue weighted by atomic mass is 9.61. The van der Waals surface area contributed by atoms with Crippen molar-refractivity contribution >= 4 is 0 Å². The van der Waals surface area contributed by atoms with E-state index >= 15 is 0 Å². The maximum absolute atomic E-state index is 9.45. The van der Waals surface area contributed by atoms with Crippen LogP contribution < -0.4 is 0 Å². The zero-order valence-electron chi connectivity index (χ0n) is 6.36. The quantitative estimate of drug-likeness (QED) is 0.449. The molecule has 2 atom stereocenters. The number of allylic oxidation sites excluding steroid dienone is 2. The van der Waals surface area contributed by atoms with Gasteiger partial charge in [0.2, 0.25) is 0 Å². The van der Waals surface area contributed by atoms with Crippen molar-refractivity contribution in [2.45, 2.75) is 11.8 Å². The van der Waals surface area contributed by atoms with E-state index in [4.69, 9.17) is 0 Å². The van der Waals surface area contributed by atoms with E-state index in [1.807, 2.05) is 0 Å². The minimum Gasteiger partial charge on any atom is -0.508 e. The van der Waals surface area contributed by atoms with Crippen LogP contribution >= 0.6 is 0 Å². The third-order valence-electron chi connectivity index (χ3n) is 2.82. The molecule has 2 unspecified atom stereocenters. The molecule has 0 spiro atoms. The highest BCUT2D eigenvalue weighted by Crippen LogP contribution is 2.60. The van der Waals surface area contributed by atoms with E-state index in [0.717, 1.165) is 11.1 Å². The van der Waals surface area contributed by atoms with Crippen LogP contribution in [-0.2, 0) is 0 Å².